The van der Waals surface area contributed by atoms with Gasteiger partial charge in [-0.05, 0) is 49.8 Å². The zero-order valence-corrected chi connectivity index (χ0v) is 16.8. The first-order chi connectivity index (χ1) is 12.1. The van der Waals surface area contributed by atoms with Crippen molar-refractivity contribution in [2.24, 2.45) is 4.99 Å². The van der Waals surface area contributed by atoms with Crippen LogP contribution in [0.25, 0.3) is 0 Å². The van der Waals surface area contributed by atoms with Crippen LogP contribution in [0.2, 0.25) is 0 Å². The van der Waals surface area contributed by atoms with Gasteiger partial charge in [-0.25, -0.2) is 4.99 Å². The minimum Gasteiger partial charge on any atom is -0.370 e. The van der Waals surface area contributed by atoms with Gasteiger partial charge in [0.25, 0.3) is 0 Å². The van der Waals surface area contributed by atoms with E-state index in [0.29, 0.717) is 6.04 Å². The fraction of sp³-hybridized carbons (Fsp3) is 0.650. The minimum atomic E-state index is -0.0458. The number of rotatable bonds is 3. The van der Waals surface area contributed by atoms with E-state index in [0.717, 1.165) is 63.4 Å². The maximum Gasteiger partial charge on any atom is 0.106 e. The Balaban J connectivity index is 1.49. The number of halogens is 1. The lowest BCUT2D eigenvalue weighted by molar-refractivity contribution is -0.109. The van der Waals surface area contributed by atoms with E-state index in [1.54, 1.807) is 4.88 Å². The molecule has 0 saturated carbocycles. The number of likely N-dealkylation sites (tertiary alicyclic amines) is 1. The van der Waals surface area contributed by atoms with E-state index >= 15 is 0 Å². The Morgan fingerprint density at radius 2 is 2.28 bits per heavy atom. The lowest BCUT2D eigenvalue weighted by Gasteiger charge is -2.47. The summed E-state index contributed by atoms with van der Waals surface area (Å²) in [5, 5.41) is 0.738. The fourth-order valence-corrected chi connectivity index (χ4v) is 5.77. The van der Waals surface area contributed by atoms with Crippen molar-refractivity contribution in [3.63, 3.8) is 0 Å². The number of ether oxygens (including phenoxy) is 1. The first kappa shape index (κ1) is 17.7. The number of hydrogen-bond donors (Lipinski definition) is 0. The van der Waals surface area contributed by atoms with Crippen molar-refractivity contribution in [1.82, 2.24) is 4.90 Å². The predicted molar refractivity (Wildman–Crippen MR) is 106 cm³/mol. The molecule has 4 heterocycles. The number of hydrogen-bond acceptors (Lipinski definition) is 4. The highest BCUT2D eigenvalue weighted by atomic mass is 35.5. The third kappa shape index (κ3) is 3.46. The number of fused-ring (bicyclic) bond motifs is 2. The van der Waals surface area contributed by atoms with Crippen LogP contribution < -0.4 is 0 Å². The fourth-order valence-electron chi connectivity index (χ4n) is 4.44. The molecule has 3 nitrogen and oxygen atoms in total. The molecule has 25 heavy (non-hydrogen) atoms. The second-order valence-corrected chi connectivity index (χ2v) is 9.22. The number of piperidine rings is 1. The molecule has 0 amide bonds. The van der Waals surface area contributed by atoms with Gasteiger partial charge >= 0.3 is 0 Å². The van der Waals surface area contributed by atoms with Crippen LogP contribution in [0, 0.1) is 0 Å². The molecule has 0 radical (unpaired) electrons. The van der Waals surface area contributed by atoms with Crippen molar-refractivity contribution in [2.45, 2.75) is 64.0 Å². The largest absolute Gasteiger partial charge is 0.370 e. The summed E-state index contributed by atoms with van der Waals surface area (Å²) in [5.41, 5.74) is 2.86. The summed E-state index contributed by atoms with van der Waals surface area (Å²) in [6.45, 7) is 7.59. The maximum absolute atomic E-state index is 6.44. The van der Waals surface area contributed by atoms with Crippen molar-refractivity contribution < 1.29 is 4.74 Å². The Bertz CT molecular complexity index is 711. The van der Waals surface area contributed by atoms with E-state index in [-0.39, 0.29) is 5.60 Å². The maximum atomic E-state index is 6.44. The van der Waals surface area contributed by atoms with Gasteiger partial charge in [-0.1, -0.05) is 18.5 Å². The molecule has 3 aliphatic rings. The van der Waals surface area contributed by atoms with Gasteiger partial charge in [0.15, 0.2) is 0 Å². The highest BCUT2D eigenvalue weighted by molar-refractivity contribution is 7.12. The third-order valence-electron chi connectivity index (χ3n) is 5.90. The third-order valence-corrected chi connectivity index (χ3v) is 7.53. The zero-order chi connectivity index (χ0) is 17.4. The van der Waals surface area contributed by atoms with Gasteiger partial charge in [0.05, 0.1) is 12.2 Å². The Hall–Kier alpha value is -0.680. The molecular weight excluding hydrogens is 352 g/mol. The number of aliphatic imine (C=N–C) groups is 1. The second-order valence-electron chi connectivity index (χ2n) is 7.56. The lowest BCUT2D eigenvalue weighted by atomic mass is 9.79. The monoisotopic (exact) mass is 378 g/mol. The Morgan fingerprint density at radius 1 is 1.40 bits per heavy atom. The molecule has 0 bridgehead atoms. The quantitative estimate of drug-likeness (QED) is 0.748. The topological polar surface area (TPSA) is 24.8 Å². The molecule has 0 N–H and O–H groups in total. The van der Waals surface area contributed by atoms with Crippen molar-refractivity contribution in [3.05, 3.63) is 33.2 Å². The van der Waals surface area contributed by atoms with Crippen LogP contribution in [0.15, 0.2) is 22.8 Å². The first-order valence-electron chi connectivity index (χ1n) is 9.50. The smallest absolute Gasteiger partial charge is 0.106 e. The molecule has 136 valence electrons. The summed E-state index contributed by atoms with van der Waals surface area (Å²) < 4.78 is 6.44. The Labute approximate surface area is 159 Å². The average Bonchev–Trinajstić information content (AvgIpc) is 3.04. The molecule has 1 saturated heterocycles. The summed E-state index contributed by atoms with van der Waals surface area (Å²) in [7, 11) is 0. The van der Waals surface area contributed by atoms with Gasteiger partial charge in [-0.15, -0.1) is 11.3 Å². The van der Waals surface area contributed by atoms with Crippen LogP contribution in [0.5, 0.6) is 0 Å². The first-order valence-corrected chi connectivity index (χ1v) is 10.7. The van der Waals surface area contributed by atoms with Crippen LogP contribution in [0.3, 0.4) is 0 Å². The van der Waals surface area contributed by atoms with Gasteiger partial charge in [0.1, 0.15) is 5.17 Å². The van der Waals surface area contributed by atoms with Crippen molar-refractivity contribution in [1.29, 1.82) is 0 Å². The highest BCUT2D eigenvalue weighted by Crippen LogP contribution is 2.46. The summed E-state index contributed by atoms with van der Waals surface area (Å²) in [6.07, 6.45) is 8.32. The number of nitrogens with zero attached hydrogens (tertiary/aromatic N) is 2. The van der Waals surface area contributed by atoms with E-state index in [9.17, 15) is 0 Å². The van der Waals surface area contributed by atoms with Gasteiger partial charge < -0.3 is 4.74 Å². The standard InChI is InChI=1S/C20H27ClN2OS/c1-3-16-10-17-18(25-16)6-9-24-20(17)7-8-23(14(2)11-20)13-15-4-5-19(21)22-12-15/h10,12,14H,3-9,11,13H2,1-2H3/t14-,20+/m0/s1. The Kier molecular flexibility index (Phi) is 5.07. The number of aryl methyl sites for hydroxylation is 1. The van der Waals surface area contributed by atoms with Gasteiger partial charge in [0, 0.05) is 47.9 Å². The zero-order valence-electron chi connectivity index (χ0n) is 15.2. The summed E-state index contributed by atoms with van der Waals surface area (Å²) in [6, 6.07) is 2.95. The molecule has 0 aliphatic carbocycles. The normalized spacial score (nSPS) is 30.1. The van der Waals surface area contributed by atoms with Gasteiger partial charge in [0.2, 0.25) is 0 Å². The lowest BCUT2D eigenvalue weighted by Crippen LogP contribution is -2.50. The second kappa shape index (κ2) is 7.15. The van der Waals surface area contributed by atoms with E-state index in [4.69, 9.17) is 16.3 Å². The van der Waals surface area contributed by atoms with Gasteiger partial charge in [-0.3, -0.25) is 4.90 Å². The molecular formula is C20H27ClN2OS. The van der Waals surface area contributed by atoms with Crippen molar-refractivity contribution in [2.75, 3.05) is 19.7 Å². The van der Waals surface area contributed by atoms with E-state index in [1.807, 2.05) is 17.5 Å². The molecule has 5 heteroatoms. The molecule has 1 fully saturated rings. The minimum absolute atomic E-state index is 0.0458. The molecule has 3 aliphatic heterocycles. The van der Waals surface area contributed by atoms with Gasteiger partial charge in [-0.2, -0.15) is 0 Å². The molecule has 4 rings (SSSR count). The molecule has 2 atom stereocenters. The molecule has 1 aromatic heterocycles. The predicted octanol–water partition coefficient (Wildman–Crippen LogP) is 4.88. The molecule has 1 aromatic rings. The van der Waals surface area contributed by atoms with Crippen LogP contribution >= 0.6 is 22.9 Å². The van der Waals surface area contributed by atoms with Crippen LogP contribution in [-0.2, 0) is 23.2 Å². The van der Waals surface area contributed by atoms with E-state index in [1.165, 1.54) is 16.0 Å². The summed E-state index contributed by atoms with van der Waals surface area (Å²) in [5.74, 6) is 0. The van der Waals surface area contributed by atoms with E-state index < -0.39 is 0 Å². The summed E-state index contributed by atoms with van der Waals surface area (Å²) >= 11 is 7.99. The van der Waals surface area contributed by atoms with E-state index in [2.05, 4.69) is 29.8 Å². The summed E-state index contributed by atoms with van der Waals surface area (Å²) in [4.78, 5) is 9.97. The highest BCUT2D eigenvalue weighted by Gasteiger charge is 2.44. The van der Waals surface area contributed by atoms with Crippen LogP contribution in [0.4, 0.5) is 0 Å². The SMILES string of the molecule is CCc1cc2c(s1)CCO[C@@]21CCN(CC2=CN=C(Cl)CC2)[C@@H](C)C1. The average molecular weight is 379 g/mol. The van der Waals surface area contributed by atoms with Crippen LogP contribution in [-0.4, -0.2) is 35.8 Å². The number of thiophene rings is 1. The molecule has 0 aromatic carbocycles. The Morgan fingerprint density at radius 3 is 3.00 bits per heavy atom. The molecule has 0 unspecified atom stereocenters. The van der Waals surface area contributed by atoms with Crippen molar-refractivity contribution in [3.8, 4) is 0 Å². The van der Waals surface area contributed by atoms with Crippen LogP contribution in [0.1, 0.15) is 54.8 Å². The van der Waals surface area contributed by atoms with Crippen molar-refractivity contribution >= 4 is 28.1 Å². The molecule has 1 spiro atoms.